The maximum absolute atomic E-state index is 6.02. The molecule has 1 aromatic heterocycles. The number of aliphatic imine (C=N–C) groups is 1. The van der Waals surface area contributed by atoms with Gasteiger partial charge in [-0.25, -0.2) is 0 Å². The zero-order chi connectivity index (χ0) is 21.2. The fourth-order valence-electron chi connectivity index (χ4n) is 2.82. The molecule has 0 spiro atoms. The lowest BCUT2D eigenvalue weighted by atomic mass is 10.1. The Balaban J connectivity index is 0.00000341. The number of guanidine groups is 1. The number of ether oxygens (including phenoxy) is 1. The third-order valence-electron chi connectivity index (χ3n) is 4.36. The van der Waals surface area contributed by atoms with Crippen molar-refractivity contribution in [3.8, 4) is 17.1 Å². The highest BCUT2D eigenvalue weighted by atomic mass is 127. The molecule has 0 saturated carbocycles. The van der Waals surface area contributed by atoms with Crippen LogP contribution in [0.1, 0.15) is 18.4 Å². The molecule has 0 aliphatic carbocycles. The molecule has 0 fully saturated rings. The van der Waals surface area contributed by atoms with Crippen LogP contribution in [0, 0.1) is 0 Å². The number of rotatable bonds is 9. The van der Waals surface area contributed by atoms with Gasteiger partial charge < -0.3 is 19.9 Å². The van der Waals surface area contributed by atoms with E-state index in [4.69, 9.17) is 20.9 Å². The molecule has 7 nitrogen and oxygen atoms in total. The van der Waals surface area contributed by atoms with E-state index in [1.165, 1.54) is 5.56 Å². The second-order valence-corrected chi connectivity index (χ2v) is 6.99. The van der Waals surface area contributed by atoms with E-state index < -0.39 is 0 Å². The van der Waals surface area contributed by atoms with Crippen molar-refractivity contribution in [2.45, 2.75) is 19.8 Å². The average molecular weight is 556 g/mol. The van der Waals surface area contributed by atoms with Crippen molar-refractivity contribution in [2.75, 3.05) is 26.7 Å². The van der Waals surface area contributed by atoms with Crippen LogP contribution in [-0.2, 0) is 12.8 Å². The summed E-state index contributed by atoms with van der Waals surface area (Å²) in [7, 11) is 1.67. The molecule has 0 aliphatic rings. The normalized spacial score (nSPS) is 11.0. The van der Waals surface area contributed by atoms with Crippen LogP contribution in [0.3, 0.4) is 0 Å². The monoisotopic (exact) mass is 555 g/mol. The minimum atomic E-state index is 0. The van der Waals surface area contributed by atoms with Gasteiger partial charge in [-0.15, -0.1) is 24.0 Å². The lowest BCUT2D eigenvalue weighted by Crippen LogP contribution is -2.38. The first-order chi connectivity index (χ1) is 14.7. The topological polar surface area (TPSA) is 84.6 Å². The van der Waals surface area contributed by atoms with Gasteiger partial charge in [0.25, 0.3) is 0 Å². The SMILES string of the molecule is CCNC(=NCCc1nc(-c2cccc(Cl)c2)no1)NCCc1ccc(OC)cc1.I. The highest BCUT2D eigenvalue weighted by Crippen LogP contribution is 2.20. The molecule has 0 saturated heterocycles. The second kappa shape index (κ2) is 13.2. The first-order valence-corrected chi connectivity index (χ1v) is 10.3. The van der Waals surface area contributed by atoms with Crippen LogP contribution < -0.4 is 15.4 Å². The maximum atomic E-state index is 6.02. The first-order valence-electron chi connectivity index (χ1n) is 9.91. The molecular formula is C22H27ClIN5O2. The molecule has 3 rings (SSSR count). The van der Waals surface area contributed by atoms with Gasteiger partial charge in [0.1, 0.15) is 5.75 Å². The van der Waals surface area contributed by atoms with Crippen LogP contribution >= 0.6 is 35.6 Å². The van der Waals surface area contributed by atoms with Crippen molar-refractivity contribution < 1.29 is 9.26 Å². The molecule has 0 atom stereocenters. The molecule has 2 aromatic carbocycles. The summed E-state index contributed by atoms with van der Waals surface area (Å²) in [6.45, 7) is 4.14. The van der Waals surface area contributed by atoms with E-state index in [1.807, 2.05) is 43.3 Å². The van der Waals surface area contributed by atoms with Gasteiger partial charge in [-0.1, -0.05) is 41.0 Å². The van der Waals surface area contributed by atoms with Crippen molar-refractivity contribution in [3.63, 3.8) is 0 Å². The number of benzene rings is 2. The van der Waals surface area contributed by atoms with E-state index in [9.17, 15) is 0 Å². The van der Waals surface area contributed by atoms with Crippen molar-refractivity contribution in [1.29, 1.82) is 0 Å². The van der Waals surface area contributed by atoms with Crippen molar-refractivity contribution in [2.24, 2.45) is 4.99 Å². The smallest absolute Gasteiger partial charge is 0.228 e. The number of nitrogens with zero attached hydrogens (tertiary/aromatic N) is 3. The standard InChI is InChI=1S/C22H26ClN5O2.HI/c1-3-24-22(25-13-11-16-7-9-19(29-2)10-8-16)26-14-12-20-27-21(28-30-20)17-5-4-6-18(23)15-17;/h4-10,15H,3,11-14H2,1-2H3,(H2,24,25,26);1H. The van der Waals surface area contributed by atoms with E-state index in [-0.39, 0.29) is 24.0 Å². The van der Waals surface area contributed by atoms with Crippen LogP contribution in [0.2, 0.25) is 5.02 Å². The van der Waals surface area contributed by atoms with Crippen molar-refractivity contribution in [1.82, 2.24) is 20.8 Å². The van der Waals surface area contributed by atoms with E-state index >= 15 is 0 Å². The second-order valence-electron chi connectivity index (χ2n) is 6.56. The predicted octanol–water partition coefficient (Wildman–Crippen LogP) is 4.36. The van der Waals surface area contributed by atoms with Crippen LogP contribution in [0.25, 0.3) is 11.4 Å². The van der Waals surface area contributed by atoms with Crippen molar-refractivity contribution >= 4 is 41.5 Å². The maximum Gasteiger partial charge on any atom is 0.228 e. The fourth-order valence-corrected chi connectivity index (χ4v) is 3.01. The number of hydrogen-bond donors (Lipinski definition) is 2. The van der Waals surface area contributed by atoms with E-state index in [2.05, 4.69) is 37.9 Å². The Hall–Kier alpha value is -2.33. The molecule has 0 bridgehead atoms. The third kappa shape index (κ3) is 8.02. The van der Waals surface area contributed by atoms with Crippen LogP contribution in [0.5, 0.6) is 5.75 Å². The third-order valence-corrected chi connectivity index (χ3v) is 4.59. The summed E-state index contributed by atoms with van der Waals surface area (Å²) < 4.78 is 10.5. The number of hydrogen-bond acceptors (Lipinski definition) is 5. The number of nitrogens with one attached hydrogen (secondary N) is 2. The highest BCUT2D eigenvalue weighted by Gasteiger charge is 2.09. The molecule has 0 radical (unpaired) electrons. The van der Waals surface area contributed by atoms with Crippen LogP contribution in [0.15, 0.2) is 58.0 Å². The molecule has 0 unspecified atom stereocenters. The van der Waals surface area contributed by atoms with E-state index in [1.54, 1.807) is 7.11 Å². The quantitative estimate of drug-likeness (QED) is 0.232. The van der Waals surface area contributed by atoms with Gasteiger partial charge in [-0.05, 0) is 43.2 Å². The van der Waals surface area contributed by atoms with Gasteiger partial charge in [0.05, 0.1) is 13.7 Å². The minimum Gasteiger partial charge on any atom is -0.497 e. The summed E-state index contributed by atoms with van der Waals surface area (Å²) in [5.41, 5.74) is 2.06. The Labute approximate surface area is 204 Å². The summed E-state index contributed by atoms with van der Waals surface area (Å²) in [4.78, 5) is 9.01. The van der Waals surface area contributed by atoms with Gasteiger partial charge in [-0.2, -0.15) is 4.98 Å². The van der Waals surface area contributed by atoms with E-state index in [0.717, 1.165) is 36.8 Å². The van der Waals surface area contributed by atoms with Crippen LogP contribution in [-0.4, -0.2) is 42.8 Å². The van der Waals surface area contributed by atoms with Gasteiger partial charge in [0, 0.05) is 30.1 Å². The van der Waals surface area contributed by atoms with Gasteiger partial charge >= 0.3 is 0 Å². The molecule has 3 aromatic rings. The van der Waals surface area contributed by atoms with Gasteiger partial charge in [0.15, 0.2) is 5.96 Å². The van der Waals surface area contributed by atoms with Crippen LogP contribution in [0.4, 0.5) is 0 Å². The lowest BCUT2D eigenvalue weighted by Gasteiger charge is -2.11. The first kappa shape index (κ1) is 24.9. The zero-order valence-corrected chi connectivity index (χ0v) is 20.7. The summed E-state index contributed by atoms with van der Waals surface area (Å²) in [6.07, 6.45) is 1.45. The van der Waals surface area contributed by atoms with Crippen molar-refractivity contribution in [3.05, 3.63) is 65.0 Å². The number of halogens is 2. The lowest BCUT2D eigenvalue weighted by molar-refractivity contribution is 0.380. The summed E-state index contributed by atoms with van der Waals surface area (Å²) in [5, 5.41) is 11.3. The van der Waals surface area contributed by atoms with E-state index in [0.29, 0.717) is 29.7 Å². The Morgan fingerprint density at radius 3 is 2.65 bits per heavy atom. The molecule has 9 heteroatoms. The molecule has 2 N–H and O–H groups in total. The summed E-state index contributed by atoms with van der Waals surface area (Å²) >= 11 is 6.02. The fraction of sp³-hybridized carbons (Fsp3) is 0.318. The Bertz CT molecular complexity index is 963. The molecule has 166 valence electrons. The summed E-state index contributed by atoms with van der Waals surface area (Å²) in [5.74, 6) is 2.70. The number of aromatic nitrogens is 2. The molecule has 0 aliphatic heterocycles. The highest BCUT2D eigenvalue weighted by molar-refractivity contribution is 14.0. The average Bonchev–Trinajstić information content (AvgIpc) is 3.23. The Morgan fingerprint density at radius 1 is 1.13 bits per heavy atom. The Morgan fingerprint density at radius 2 is 1.94 bits per heavy atom. The number of methoxy groups -OCH3 is 1. The molecular weight excluding hydrogens is 529 g/mol. The van der Waals surface area contributed by atoms with Gasteiger partial charge in [0.2, 0.25) is 11.7 Å². The minimum absolute atomic E-state index is 0. The molecule has 1 heterocycles. The molecule has 0 amide bonds. The van der Waals surface area contributed by atoms with Gasteiger partial charge in [-0.3, -0.25) is 4.99 Å². The Kier molecular flexibility index (Phi) is 10.6. The predicted molar refractivity (Wildman–Crippen MR) is 135 cm³/mol. The summed E-state index contributed by atoms with van der Waals surface area (Å²) in [6, 6.07) is 15.4. The molecule has 31 heavy (non-hydrogen) atoms. The zero-order valence-electron chi connectivity index (χ0n) is 17.6. The largest absolute Gasteiger partial charge is 0.497 e.